The molecule has 0 aromatic heterocycles. The lowest BCUT2D eigenvalue weighted by Crippen LogP contribution is -2.26. The van der Waals surface area contributed by atoms with Crippen molar-refractivity contribution in [3.8, 4) is 0 Å². The number of thioether (sulfide) groups is 1. The summed E-state index contributed by atoms with van der Waals surface area (Å²) in [6.07, 6.45) is 4.69. The Balaban J connectivity index is 1.73. The van der Waals surface area contributed by atoms with Crippen LogP contribution in [0, 0.1) is 5.92 Å². The maximum atomic E-state index is 11.3. The van der Waals surface area contributed by atoms with Crippen LogP contribution in [0.2, 0.25) is 0 Å². The Kier molecular flexibility index (Phi) is 3.39. The molecular weight excluding hydrogens is 208 g/mol. The largest absolute Gasteiger partial charge is 0.459 e. The molecule has 1 aliphatic carbocycles. The van der Waals surface area contributed by atoms with Crippen LogP contribution in [0.4, 0.5) is 0 Å². The van der Waals surface area contributed by atoms with Gasteiger partial charge >= 0.3 is 5.97 Å². The molecule has 3 heteroatoms. The summed E-state index contributed by atoms with van der Waals surface area (Å²) >= 11 is 2.07. The van der Waals surface area contributed by atoms with E-state index < -0.39 is 0 Å². The molecule has 1 unspecified atom stereocenters. The van der Waals surface area contributed by atoms with Crippen LogP contribution in [0.5, 0.6) is 0 Å². The molecule has 1 atom stereocenters. The van der Waals surface area contributed by atoms with Gasteiger partial charge in [-0.2, -0.15) is 11.8 Å². The summed E-state index contributed by atoms with van der Waals surface area (Å²) in [7, 11) is 0. The predicted octanol–water partition coefficient (Wildman–Crippen LogP) is 2.78. The molecule has 2 fully saturated rings. The van der Waals surface area contributed by atoms with E-state index in [-0.39, 0.29) is 12.1 Å². The van der Waals surface area contributed by atoms with Crippen LogP contribution < -0.4 is 0 Å². The smallest absolute Gasteiger partial charge is 0.333 e. The van der Waals surface area contributed by atoms with Gasteiger partial charge in [0.2, 0.25) is 0 Å². The van der Waals surface area contributed by atoms with Gasteiger partial charge in [-0.05, 0) is 38.5 Å². The van der Waals surface area contributed by atoms with E-state index in [1.54, 1.807) is 6.92 Å². The minimum absolute atomic E-state index is 0.147. The number of hydrogen-bond donors (Lipinski definition) is 0. The highest BCUT2D eigenvalue weighted by atomic mass is 32.2. The Hall–Kier alpha value is -0.440. The third-order valence-corrected chi connectivity index (χ3v) is 4.33. The average Bonchev–Trinajstić information content (AvgIpc) is 3.02. The van der Waals surface area contributed by atoms with E-state index in [9.17, 15) is 4.79 Å². The molecule has 0 aromatic carbocycles. The molecule has 1 heterocycles. The molecule has 2 nitrogen and oxygen atoms in total. The average molecular weight is 226 g/mol. The van der Waals surface area contributed by atoms with Gasteiger partial charge < -0.3 is 4.74 Å². The molecule has 1 saturated heterocycles. The van der Waals surface area contributed by atoms with Crippen molar-refractivity contribution in [1.82, 2.24) is 0 Å². The van der Waals surface area contributed by atoms with Crippen LogP contribution in [0.3, 0.4) is 0 Å². The van der Waals surface area contributed by atoms with Crippen LogP contribution in [0.1, 0.15) is 32.6 Å². The van der Waals surface area contributed by atoms with Gasteiger partial charge in [-0.25, -0.2) is 4.79 Å². The molecule has 0 N–H and O–H groups in total. The molecule has 0 radical (unpaired) electrons. The summed E-state index contributed by atoms with van der Waals surface area (Å²) in [4.78, 5) is 11.3. The minimum Gasteiger partial charge on any atom is -0.459 e. The molecule has 1 saturated carbocycles. The highest BCUT2D eigenvalue weighted by Crippen LogP contribution is 2.43. The number of ether oxygens (including phenoxy) is 1. The van der Waals surface area contributed by atoms with Gasteiger partial charge in [0.05, 0.1) is 0 Å². The monoisotopic (exact) mass is 226 g/mol. The van der Waals surface area contributed by atoms with Crippen molar-refractivity contribution in [2.75, 3.05) is 5.75 Å². The van der Waals surface area contributed by atoms with Gasteiger partial charge in [0.25, 0.3) is 0 Å². The zero-order valence-electron chi connectivity index (χ0n) is 9.20. The summed E-state index contributed by atoms with van der Waals surface area (Å²) in [6, 6.07) is 0. The molecule has 2 rings (SSSR count). The van der Waals surface area contributed by atoms with Crippen molar-refractivity contribution < 1.29 is 9.53 Å². The first-order valence-electron chi connectivity index (χ1n) is 5.65. The fraction of sp³-hybridized carbons (Fsp3) is 0.750. The number of esters is 1. The summed E-state index contributed by atoms with van der Waals surface area (Å²) < 4.78 is 5.36. The summed E-state index contributed by atoms with van der Waals surface area (Å²) in [5.41, 5.74) is 0.509. The third-order valence-electron chi connectivity index (χ3n) is 3.23. The molecule has 0 spiro atoms. The fourth-order valence-corrected chi connectivity index (χ4v) is 3.09. The van der Waals surface area contributed by atoms with Crippen LogP contribution in [-0.2, 0) is 9.53 Å². The van der Waals surface area contributed by atoms with Gasteiger partial charge in [-0.3, -0.25) is 0 Å². The van der Waals surface area contributed by atoms with E-state index in [0.717, 1.165) is 24.0 Å². The number of carbonyl (C=O) groups excluding carboxylic acids is 1. The minimum atomic E-state index is -0.223. The quantitative estimate of drug-likeness (QED) is 0.420. The Morgan fingerprint density at radius 2 is 1.93 bits per heavy atom. The van der Waals surface area contributed by atoms with Gasteiger partial charge in [0.15, 0.2) is 0 Å². The predicted molar refractivity (Wildman–Crippen MR) is 62.9 cm³/mol. The first-order valence-corrected chi connectivity index (χ1v) is 6.70. The lowest BCUT2D eigenvalue weighted by atomic mass is 9.86. The molecule has 0 amide bonds. The van der Waals surface area contributed by atoms with E-state index >= 15 is 0 Å². The van der Waals surface area contributed by atoms with Crippen molar-refractivity contribution in [2.45, 2.75) is 44.0 Å². The van der Waals surface area contributed by atoms with Crippen molar-refractivity contribution in [3.05, 3.63) is 12.2 Å². The van der Waals surface area contributed by atoms with Gasteiger partial charge in [-0.15, -0.1) is 0 Å². The van der Waals surface area contributed by atoms with Crippen LogP contribution in [0.15, 0.2) is 12.2 Å². The van der Waals surface area contributed by atoms with Crippen molar-refractivity contribution in [1.29, 1.82) is 0 Å². The fourth-order valence-electron chi connectivity index (χ4n) is 2.16. The van der Waals surface area contributed by atoms with Crippen LogP contribution >= 0.6 is 11.8 Å². The molecule has 2 aliphatic rings. The maximum Gasteiger partial charge on any atom is 0.333 e. The SMILES string of the molecule is C=C(C)C(=O)OC1CCC(C2CS2)CC1. The van der Waals surface area contributed by atoms with E-state index in [0.29, 0.717) is 5.57 Å². The summed E-state index contributed by atoms with van der Waals surface area (Å²) in [6.45, 7) is 5.30. The second-order valence-corrected chi connectivity index (χ2v) is 5.87. The molecule has 1 aliphatic heterocycles. The van der Waals surface area contributed by atoms with E-state index in [1.165, 1.54) is 18.6 Å². The Labute approximate surface area is 95.5 Å². The van der Waals surface area contributed by atoms with E-state index in [1.807, 2.05) is 0 Å². The Morgan fingerprint density at radius 1 is 1.33 bits per heavy atom. The topological polar surface area (TPSA) is 26.3 Å². The Bertz CT molecular complexity index is 263. The van der Waals surface area contributed by atoms with Crippen molar-refractivity contribution >= 4 is 17.7 Å². The zero-order valence-corrected chi connectivity index (χ0v) is 10.0. The third kappa shape index (κ3) is 3.00. The highest BCUT2D eigenvalue weighted by Gasteiger charge is 2.35. The Morgan fingerprint density at radius 3 is 2.40 bits per heavy atom. The first-order chi connectivity index (χ1) is 7.16. The maximum absolute atomic E-state index is 11.3. The summed E-state index contributed by atoms with van der Waals surface area (Å²) in [5, 5.41) is 0.919. The van der Waals surface area contributed by atoms with Crippen LogP contribution in [0.25, 0.3) is 0 Å². The van der Waals surface area contributed by atoms with Gasteiger partial charge in [-0.1, -0.05) is 6.58 Å². The second kappa shape index (κ2) is 4.60. The van der Waals surface area contributed by atoms with Gasteiger partial charge in [0.1, 0.15) is 6.10 Å². The van der Waals surface area contributed by atoms with Crippen molar-refractivity contribution in [2.24, 2.45) is 5.92 Å². The molecule has 0 bridgehead atoms. The molecule has 0 aromatic rings. The standard InChI is InChI=1S/C12H18O2S/c1-8(2)12(13)14-10-5-3-9(4-6-10)11-7-15-11/h9-11H,1,3-7H2,2H3. The molecule has 15 heavy (non-hydrogen) atoms. The number of rotatable bonds is 3. The van der Waals surface area contributed by atoms with E-state index in [4.69, 9.17) is 4.74 Å². The van der Waals surface area contributed by atoms with Crippen LogP contribution in [-0.4, -0.2) is 23.1 Å². The number of carbonyl (C=O) groups is 1. The van der Waals surface area contributed by atoms with E-state index in [2.05, 4.69) is 18.3 Å². The first kappa shape index (κ1) is 11.1. The second-order valence-electron chi connectivity index (χ2n) is 4.59. The lowest BCUT2D eigenvalue weighted by molar-refractivity contribution is -0.146. The lowest BCUT2D eigenvalue weighted by Gasteiger charge is -2.27. The molecular formula is C12H18O2S. The summed E-state index contributed by atoms with van der Waals surface area (Å²) in [5.74, 6) is 2.01. The zero-order chi connectivity index (χ0) is 10.8. The number of hydrogen-bond acceptors (Lipinski definition) is 3. The highest BCUT2D eigenvalue weighted by molar-refractivity contribution is 8.06. The van der Waals surface area contributed by atoms with Crippen molar-refractivity contribution in [3.63, 3.8) is 0 Å². The normalized spacial score (nSPS) is 34.6. The van der Waals surface area contributed by atoms with Gasteiger partial charge in [0, 0.05) is 16.6 Å². The molecule has 84 valence electrons.